The molecule has 0 aliphatic carbocycles. The Morgan fingerprint density at radius 2 is 1.29 bits per heavy atom. The Hall–Kier alpha value is -0.680. The van der Waals surface area contributed by atoms with Gasteiger partial charge in [-0.25, -0.2) is 0 Å². The first kappa shape index (κ1) is 15.2. The normalized spacial score (nSPS) is 39.8. The molecular weight excluding hydrogens is 268 g/mol. The van der Waals surface area contributed by atoms with Crippen LogP contribution in [0.5, 0.6) is 0 Å². The Bertz CT molecular complexity index is 412. The second-order valence-corrected chi connectivity index (χ2v) is 6.82. The fourth-order valence-corrected chi connectivity index (χ4v) is 3.36. The zero-order valence-corrected chi connectivity index (χ0v) is 13.4. The van der Waals surface area contributed by atoms with Crippen molar-refractivity contribution in [2.24, 2.45) is 0 Å². The fourth-order valence-electron chi connectivity index (χ4n) is 3.36. The van der Waals surface area contributed by atoms with Crippen LogP contribution in [-0.2, 0) is 18.9 Å². The summed E-state index contributed by atoms with van der Waals surface area (Å²) in [6.45, 7) is 9.56. The molecule has 3 aliphatic heterocycles. The molecule has 0 aromatic carbocycles. The molecule has 1 fully saturated rings. The molecule has 21 heavy (non-hydrogen) atoms. The second-order valence-electron chi connectivity index (χ2n) is 6.82. The molecule has 0 N–H and O–H groups in total. The Balaban J connectivity index is 1.76. The lowest BCUT2D eigenvalue weighted by Crippen LogP contribution is -2.46. The van der Waals surface area contributed by atoms with Crippen molar-refractivity contribution in [3.63, 3.8) is 0 Å². The first-order chi connectivity index (χ1) is 9.94. The van der Waals surface area contributed by atoms with Crippen molar-refractivity contribution in [1.82, 2.24) is 0 Å². The van der Waals surface area contributed by atoms with Gasteiger partial charge in [0.25, 0.3) is 0 Å². The first-order valence-corrected chi connectivity index (χ1v) is 7.85. The molecular formula is C17H26O4. The average molecular weight is 294 g/mol. The summed E-state index contributed by atoms with van der Waals surface area (Å²) < 4.78 is 24.2. The molecule has 3 rings (SSSR count). The minimum atomic E-state index is -0.577. The van der Waals surface area contributed by atoms with Gasteiger partial charge in [-0.15, -0.1) is 0 Å². The molecule has 4 atom stereocenters. The van der Waals surface area contributed by atoms with Crippen LogP contribution in [0.15, 0.2) is 23.3 Å². The molecule has 0 radical (unpaired) electrons. The molecule has 3 heterocycles. The summed E-state index contributed by atoms with van der Waals surface area (Å²) in [5.74, 6) is -0.577. The second kappa shape index (κ2) is 5.84. The van der Waals surface area contributed by atoms with E-state index in [1.807, 2.05) is 13.8 Å². The van der Waals surface area contributed by atoms with Crippen LogP contribution in [0.25, 0.3) is 0 Å². The highest BCUT2D eigenvalue weighted by Crippen LogP contribution is 2.37. The van der Waals surface area contributed by atoms with E-state index in [-0.39, 0.29) is 24.4 Å². The van der Waals surface area contributed by atoms with E-state index in [0.29, 0.717) is 13.2 Å². The molecule has 4 nitrogen and oxygen atoms in total. The van der Waals surface area contributed by atoms with Gasteiger partial charge in [0.05, 0.1) is 25.4 Å². The summed E-state index contributed by atoms with van der Waals surface area (Å²) in [5, 5.41) is 0. The third kappa shape index (κ3) is 3.39. The quantitative estimate of drug-likeness (QED) is 0.734. The molecule has 0 aromatic rings. The van der Waals surface area contributed by atoms with E-state index in [2.05, 4.69) is 26.0 Å². The highest BCUT2D eigenvalue weighted by molar-refractivity contribution is 5.10. The highest BCUT2D eigenvalue weighted by Gasteiger charge is 2.49. The van der Waals surface area contributed by atoms with Crippen molar-refractivity contribution in [2.75, 3.05) is 13.2 Å². The maximum atomic E-state index is 6.16. The van der Waals surface area contributed by atoms with Gasteiger partial charge in [0.2, 0.25) is 0 Å². The standard InChI is InChI=1S/C17H26O4/c1-11-5-7-18-13(9-11)15-16(21-17(3,4)20-15)14-10-12(2)6-8-19-14/h5-6,13-16H,7-10H2,1-4H3/t13-,14-,15+,16+/m0/s1. The van der Waals surface area contributed by atoms with Crippen molar-refractivity contribution in [2.45, 2.75) is 70.7 Å². The van der Waals surface area contributed by atoms with Gasteiger partial charge >= 0.3 is 0 Å². The number of hydrogen-bond donors (Lipinski definition) is 0. The molecule has 0 aromatic heterocycles. The van der Waals surface area contributed by atoms with Gasteiger partial charge in [0.15, 0.2) is 5.79 Å². The molecule has 0 saturated carbocycles. The van der Waals surface area contributed by atoms with Crippen LogP contribution >= 0.6 is 0 Å². The third-order valence-electron chi connectivity index (χ3n) is 4.43. The van der Waals surface area contributed by atoms with Gasteiger partial charge in [-0.1, -0.05) is 23.3 Å². The highest BCUT2D eigenvalue weighted by atomic mass is 16.8. The molecule has 0 unspecified atom stereocenters. The average Bonchev–Trinajstić information content (AvgIpc) is 2.75. The van der Waals surface area contributed by atoms with Crippen LogP contribution in [0.2, 0.25) is 0 Å². The monoisotopic (exact) mass is 294 g/mol. The van der Waals surface area contributed by atoms with Crippen LogP contribution in [0.4, 0.5) is 0 Å². The van der Waals surface area contributed by atoms with Crippen LogP contribution in [-0.4, -0.2) is 43.4 Å². The Morgan fingerprint density at radius 1 is 0.857 bits per heavy atom. The molecule has 4 heteroatoms. The molecule has 0 bridgehead atoms. The Labute approximate surface area is 127 Å². The third-order valence-corrected chi connectivity index (χ3v) is 4.43. The maximum Gasteiger partial charge on any atom is 0.164 e. The number of rotatable bonds is 2. The van der Waals surface area contributed by atoms with Gasteiger partial charge in [-0.05, 0) is 40.5 Å². The first-order valence-electron chi connectivity index (χ1n) is 7.85. The maximum absolute atomic E-state index is 6.16. The summed E-state index contributed by atoms with van der Waals surface area (Å²) in [6, 6.07) is 0. The van der Waals surface area contributed by atoms with Crippen molar-refractivity contribution >= 4 is 0 Å². The van der Waals surface area contributed by atoms with Crippen LogP contribution in [0.3, 0.4) is 0 Å². The number of hydrogen-bond acceptors (Lipinski definition) is 4. The minimum absolute atomic E-state index is 0.0524. The van der Waals surface area contributed by atoms with Gasteiger partial charge in [-0.2, -0.15) is 0 Å². The van der Waals surface area contributed by atoms with Crippen LogP contribution in [0, 0.1) is 0 Å². The molecule has 1 saturated heterocycles. The fraction of sp³-hybridized carbons (Fsp3) is 0.765. The van der Waals surface area contributed by atoms with E-state index in [4.69, 9.17) is 18.9 Å². The number of ether oxygens (including phenoxy) is 4. The van der Waals surface area contributed by atoms with E-state index >= 15 is 0 Å². The van der Waals surface area contributed by atoms with E-state index in [1.165, 1.54) is 11.1 Å². The molecule has 118 valence electrons. The van der Waals surface area contributed by atoms with E-state index < -0.39 is 5.79 Å². The summed E-state index contributed by atoms with van der Waals surface area (Å²) in [4.78, 5) is 0. The summed E-state index contributed by atoms with van der Waals surface area (Å²) in [5.41, 5.74) is 2.72. The van der Waals surface area contributed by atoms with Gasteiger partial charge in [0.1, 0.15) is 12.2 Å². The van der Waals surface area contributed by atoms with E-state index in [9.17, 15) is 0 Å². The Kier molecular flexibility index (Phi) is 4.23. The van der Waals surface area contributed by atoms with Crippen molar-refractivity contribution in [3.05, 3.63) is 23.3 Å². The summed E-state index contributed by atoms with van der Waals surface area (Å²) >= 11 is 0. The smallest absolute Gasteiger partial charge is 0.164 e. The van der Waals surface area contributed by atoms with Crippen molar-refractivity contribution in [1.29, 1.82) is 0 Å². The van der Waals surface area contributed by atoms with Crippen LogP contribution < -0.4 is 0 Å². The van der Waals surface area contributed by atoms with Crippen LogP contribution in [0.1, 0.15) is 40.5 Å². The zero-order chi connectivity index (χ0) is 15.0. The van der Waals surface area contributed by atoms with Gasteiger partial charge in [-0.3, -0.25) is 0 Å². The predicted molar refractivity (Wildman–Crippen MR) is 80.1 cm³/mol. The zero-order valence-electron chi connectivity index (χ0n) is 13.4. The van der Waals surface area contributed by atoms with Gasteiger partial charge in [0, 0.05) is 0 Å². The van der Waals surface area contributed by atoms with E-state index in [0.717, 1.165) is 12.8 Å². The predicted octanol–water partition coefficient (Wildman–Crippen LogP) is 2.98. The largest absolute Gasteiger partial charge is 0.371 e. The topological polar surface area (TPSA) is 36.9 Å². The molecule has 0 spiro atoms. The lowest BCUT2D eigenvalue weighted by molar-refractivity contribution is -0.165. The summed E-state index contributed by atoms with van der Waals surface area (Å²) in [6.07, 6.45) is 6.05. The minimum Gasteiger partial charge on any atom is -0.371 e. The molecule has 3 aliphatic rings. The Morgan fingerprint density at radius 3 is 1.67 bits per heavy atom. The van der Waals surface area contributed by atoms with Crippen molar-refractivity contribution in [3.8, 4) is 0 Å². The van der Waals surface area contributed by atoms with E-state index in [1.54, 1.807) is 0 Å². The lowest BCUT2D eigenvalue weighted by atomic mass is 9.93. The SMILES string of the molecule is CC1=CCO[C@H]([C@H]2OC(C)(C)O[C@@H]2[C@@H]2CC(C)=CCO2)C1. The van der Waals surface area contributed by atoms with Crippen molar-refractivity contribution < 1.29 is 18.9 Å². The van der Waals surface area contributed by atoms with Gasteiger partial charge < -0.3 is 18.9 Å². The molecule has 0 amide bonds. The summed E-state index contributed by atoms with van der Waals surface area (Å²) in [7, 11) is 0. The lowest BCUT2D eigenvalue weighted by Gasteiger charge is -2.33.